The van der Waals surface area contributed by atoms with E-state index in [-0.39, 0.29) is 5.56 Å². The van der Waals surface area contributed by atoms with Gasteiger partial charge in [0, 0.05) is 11.6 Å². The molecule has 5 heteroatoms. The molecule has 0 spiro atoms. The van der Waals surface area contributed by atoms with Crippen molar-refractivity contribution < 1.29 is 4.74 Å². The number of aromatic amines is 1. The molecular formula is C16H23N3O2. The smallest absolute Gasteiger partial charge is 0.264 e. The number of H-pyrrole nitrogens is 1. The van der Waals surface area contributed by atoms with Gasteiger partial charge < -0.3 is 10.1 Å². The Bertz CT molecular complexity index is 544. The third kappa shape index (κ3) is 5.79. The van der Waals surface area contributed by atoms with Crippen LogP contribution in [0.2, 0.25) is 0 Å². The predicted molar refractivity (Wildman–Crippen MR) is 85.7 cm³/mol. The minimum atomic E-state index is -0.201. The van der Waals surface area contributed by atoms with E-state index in [2.05, 4.69) is 15.5 Å². The molecule has 0 saturated carbocycles. The fraction of sp³-hybridized carbons (Fsp3) is 0.375. The molecule has 1 aromatic heterocycles. The van der Waals surface area contributed by atoms with Crippen molar-refractivity contribution in [3.8, 4) is 17.0 Å². The molecule has 2 aromatic rings. The van der Waals surface area contributed by atoms with Gasteiger partial charge in [0.2, 0.25) is 0 Å². The zero-order valence-electron chi connectivity index (χ0n) is 12.8. The standard InChI is InChI=1S/C14H17N3O2.C2H6/c1-15-9-2-10-19-12-5-3-11(4-6-12)13-7-8-14(18)17-16-13;1-2/h3-8,15H,2,9-10H2,1H3,(H,17,18);1-2H3. The Morgan fingerprint density at radius 2 is 1.86 bits per heavy atom. The maximum absolute atomic E-state index is 10.9. The molecule has 1 heterocycles. The van der Waals surface area contributed by atoms with E-state index in [0.29, 0.717) is 6.61 Å². The van der Waals surface area contributed by atoms with Gasteiger partial charge in [0.25, 0.3) is 5.56 Å². The summed E-state index contributed by atoms with van der Waals surface area (Å²) >= 11 is 0. The first kappa shape index (κ1) is 16.9. The first-order chi connectivity index (χ1) is 10.3. The average molecular weight is 289 g/mol. The molecule has 0 saturated heterocycles. The van der Waals surface area contributed by atoms with Crippen LogP contribution in [0.15, 0.2) is 41.2 Å². The molecule has 21 heavy (non-hydrogen) atoms. The van der Waals surface area contributed by atoms with Crippen molar-refractivity contribution in [2.45, 2.75) is 20.3 Å². The summed E-state index contributed by atoms with van der Waals surface area (Å²) in [6, 6.07) is 10.8. The van der Waals surface area contributed by atoms with Gasteiger partial charge in [-0.1, -0.05) is 13.8 Å². The Morgan fingerprint density at radius 1 is 1.14 bits per heavy atom. The van der Waals surface area contributed by atoms with Gasteiger partial charge in [-0.05, 0) is 50.3 Å². The quantitative estimate of drug-likeness (QED) is 0.802. The summed E-state index contributed by atoms with van der Waals surface area (Å²) in [6.45, 7) is 5.64. The Kier molecular flexibility index (Phi) is 7.82. The fourth-order valence-corrected chi connectivity index (χ4v) is 1.67. The van der Waals surface area contributed by atoms with E-state index in [4.69, 9.17) is 4.74 Å². The molecule has 0 radical (unpaired) electrons. The molecule has 114 valence electrons. The summed E-state index contributed by atoms with van der Waals surface area (Å²) in [5.41, 5.74) is 1.48. The number of hydrogen-bond acceptors (Lipinski definition) is 4. The highest BCUT2D eigenvalue weighted by Crippen LogP contribution is 2.19. The zero-order valence-corrected chi connectivity index (χ0v) is 12.8. The van der Waals surface area contributed by atoms with E-state index in [1.54, 1.807) is 6.07 Å². The van der Waals surface area contributed by atoms with Gasteiger partial charge in [0.1, 0.15) is 5.75 Å². The number of benzene rings is 1. The van der Waals surface area contributed by atoms with Crippen LogP contribution >= 0.6 is 0 Å². The molecule has 0 aliphatic heterocycles. The number of aromatic nitrogens is 2. The Hall–Kier alpha value is -2.14. The van der Waals surface area contributed by atoms with Crippen molar-refractivity contribution in [3.63, 3.8) is 0 Å². The molecular weight excluding hydrogens is 266 g/mol. The van der Waals surface area contributed by atoms with Crippen molar-refractivity contribution in [2.75, 3.05) is 20.2 Å². The Balaban J connectivity index is 0.00000106. The van der Waals surface area contributed by atoms with Crippen LogP contribution in [0.1, 0.15) is 20.3 Å². The highest BCUT2D eigenvalue weighted by atomic mass is 16.5. The lowest BCUT2D eigenvalue weighted by atomic mass is 10.1. The predicted octanol–water partition coefficient (Wildman–Crippen LogP) is 2.45. The van der Waals surface area contributed by atoms with E-state index >= 15 is 0 Å². The first-order valence-electron chi connectivity index (χ1n) is 7.23. The fourth-order valence-electron chi connectivity index (χ4n) is 1.67. The molecule has 2 rings (SSSR count). The van der Waals surface area contributed by atoms with Crippen LogP contribution in [0.5, 0.6) is 5.75 Å². The molecule has 2 N–H and O–H groups in total. The van der Waals surface area contributed by atoms with E-state index in [9.17, 15) is 4.79 Å². The van der Waals surface area contributed by atoms with Gasteiger partial charge in [-0.3, -0.25) is 4.79 Å². The number of hydrogen-bond donors (Lipinski definition) is 2. The van der Waals surface area contributed by atoms with Gasteiger partial charge in [0.15, 0.2) is 0 Å². The number of ether oxygens (including phenoxy) is 1. The monoisotopic (exact) mass is 289 g/mol. The zero-order chi connectivity index (χ0) is 15.5. The summed E-state index contributed by atoms with van der Waals surface area (Å²) in [6.07, 6.45) is 0.972. The number of nitrogens with one attached hydrogen (secondary N) is 2. The summed E-state index contributed by atoms with van der Waals surface area (Å²) in [4.78, 5) is 10.9. The van der Waals surface area contributed by atoms with E-state index in [1.165, 1.54) is 6.07 Å². The summed E-state index contributed by atoms with van der Waals surface area (Å²) in [5, 5.41) is 9.47. The minimum absolute atomic E-state index is 0.201. The van der Waals surface area contributed by atoms with Crippen molar-refractivity contribution in [1.82, 2.24) is 15.5 Å². The topological polar surface area (TPSA) is 67.0 Å². The van der Waals surface area contributed by atoms with Gasteiger partial charge >= 0.3 is 0 Å². The lowest BCUT2D eigenvalue weighted by Gasteiger charge is -2.06. The van der Waals surface area contributed by atoms with Gasteiger partial charge in [-0.2, -0.15) is 5.10 Å². The molecule has 0 amide bonds. The molecule has 1 aromatic carbocycles. The highest BCUT2D eigenvalue weighted by Gasteiger charge is 2.00. The van der Waals surface area contributed by atoms with E-state index in [0.717, 1.165) is 30.0 Å². The van der Waals surface area contributed by atoms with Gasteiger partial charge in [-0.15, -0.1) is 0 Å². The molecule has 0 bridgehead atoms. The lowest BCUT2D eigenvalue weighted by molar-refractivity contribution is 0.310. The van der Waals surface area contributed by atoms with Crippen molar-refractivity contribution >= 4 is 0 Å². The number of nitrogens with zero attached hydrogens (tertiary/aromatic N) is 1. The van der Waals surface area contributed by atoms with Crippen molar-refractivity contribution in [1.29, 1.82) is 0 Å². The van der Waals surface area contributed by atoms with Crippen molar-refractivity contribution in [2.24, 2.45) is 0 Å². The van der Waals surface area contributed by atoms with Crippen LogP contribution in [0, 0.1) is 0 Å². The number of rotatable bonds is 6. The van der Waals surface area contributed by atoms with Crippen LogP contribution in [0.3, 0.4) is 0 Å². The molecule has 0 aliphatic rings. The van der Waals surface area contributed by atoms with Crippen LogP contribution < -0.4 is 15.6 Å². The van der Waals surface area contributed by atoms with Crippen LogP contribution in [-0.2, 0) is 0 Å². The molecule has 0 unspecified atom stereocenters. The molecule has 0 aliphatic carbocycles. The lowest BCUT2D eigenvalue weighted by Crippen LogP contribution is -2.11. The first-order valence-corrected chi connectivity index (χ1v) is 7.23. The highest BCUT2D eigenvalue weighted by molar-refractivity contribution is 5.59. The Labute approximate surface area is 125 Å². The van der Waals surface area contributed by atoms with Crippen LogP contribution in [0.25, 0.3) is 11.3 Å². The third-order valence-electron chi connectivity index (χ3n) is 2.67. The second-order valence-electron chi connectivity index (χ2n) is 4.14. The molecule has 0 fully saturated rings. The molecule has 0 atom stereocenters. The second kappa shape index (κ2) is 9.72. The molecule has 5 nitrogen and oxygen atoms in total. The average Bonchev–Trinajstić information content (AvgIpc) is 2.55. The maximum atomic E-state index is 10.9. The maximum Gasteiger partial charge on any atom is 0.264 e. The van der Waals surface area contributed by atoms with E-state index in [1.807, 2.05) is 45.2 Å². The SMILES string of the molecule is CC.CNCCCOc1ccc(-c2ccc(=O)[nH]n2)cc1. The van der Waals surface area contributed by atoms with Crippen LogP contribution in [-0.4, -0.2) is 30.4 Å². The normalized spacial score (nSPS) is 9.67. The minimum Gasteiger partial charge on any atom is -0.494 e. The van der Waals surface area contributed by atoms with Crippen molar-refractivity contribution in [3.05, 3.63) is 46.8 Å². The largest absolute Gasteiger partial charge is 0.494 e. The van der Waals surface area contributed by atoms with Gasteiger partial charge in [0.05, 0.1) is 12.3 Å². The summed E-state index contributed by atoms with van der Waals surface area (Å²) in [5.74, 6) is 0.837. The van der Waals surface area contributed by atoms with Crippen LogP contribution in [0.4, 0.5) is 0 Å². The Morgan fingerprint density at radius 3 is 2.43 bits per heavy atom. The second-order valence-corrected chi connectivity index (χ2v) is 4.14. The van der Waals surface area contributed by atoms with Gasteiger partial charge in [-0.25, -0.2) is 5.10 Å². The third-order valence-corrected chi connectivity index (χ3v) is 2.67. The summed E-state index contributed by atoms with van der Waals surface area (Å²) < 4.78 is 5.60. The summed E-state index contributed by atoms with van der Waals surface area (Å²) in [7, 11) is 1.92. The van der Waals surface area contributed by atoms with E-state index < -0.39 is 0 Å².